The minimum absolute atomic E-state index is 0.143. The number of fused-ring (bicyclic) bond motifs is 2. The van der Waals surface area contributed by atoms with Gasteiger partial charge in [-0.2, -0.15) is 9.97 Å². The molecule has 12 heteroatoms. The highest BCUT2D eigenvalue weighted by atomic mass is 35.5. The second kappa shape index (κ2) is 13.0. The Hall–Kier alpha value is -4.01. The molecule has 2 aliphatic heterocycles. The number of hydrogen-bond donors (Lipinski definition) is 0. The molecule has 1 saturated carbocycles. The van der Waals surface area contributed by atoms with Gasteiger partial charge in [-0.3, -0.25) is 9.69 Å². The average molecular weight is 650 g/mol. The molecule has 0 radical (unpaired) electrons. The quantitative estimate of drug-likeness (QED) is 0.225. The van der Waals surface area contributed by atoms with Gasteiger partial charge in [0.25, 0.3) is 5.92 Å². The molecule has 0 unspecified atom stereocenters. The summed E-state index contributed by atoms with van der Waals surface area (Å²) in [7, 11) is 1.84. The van der Waals surface area contributed by atoms with E-state index in [4.69, 9.17) is 32.9 Å². The largest absolute Gasteiger partial charge is 0.459 e. The van der Waals surface area contributed by atoms with Crippen LogP contribution in [0.4, 0.5) is 20.3 Å². The molecule has 1 amide bonds. The summed E-state index contributed by atoms with van der Waals surface area (Å²) in [5.74, 6) is -2.03. The molecule has 0 bridgehead atoms. The molecular weight excluding hydrogens is 612 g/mol. The first-order valence-corrected chi connectivity index (χ1v) is 16.0. The highest BCUT2D eigenvalue weighted by Gasteiger charge is 2.47. The van der Waals surface area contributed by atoms with Gasteiger partial charge in [0, 0.05) is 68.2 Å². The fourth-order valence-electron chi connectivity index (χ4n) is 6.88. The number of anilines is 2. The van der Waals surface area contributed by atoms with Crippen LogP contribution in [0.15, 0.2) is 49.1 Å². The van der Waals surface area contributed by atoms with Gasteiger partial charge in [-0.15, -0.1) is 0 Å². The standard InChI is InChI=1S/C34H38ClF2N7O2/c1-5-30(45)44-15-14-43(20-25(44)18-38-3)32-26-12-13-42(29-11-7-9-23-8-6-10-27(35)31(23)29)21-28(26)39-33(40-32)46-22(2)19-41(4)24-16-34(36,37)17-24/h5-11,22,24-25H,1,12-21H2,2,4H3/t22-,25-/m0/s1. The number of carbonyl (C=O) groups is 1. The Kier molecular flexibility index (Phi) is 9.03. The van der Waals surface area contributed by atoms with E-state index in [1.165, 1.54) is 6.08 Å². The first-order chi connectivity index (χ1) is 22.1. The highest BCUT2D eigenvalue weighted by molar-refractivity contribution is 6.36. The fraction of sp³-hybridized carbons (Fsp3) is 0.471. The number of amides is 1. The predicted octanol–water partition coefficient (Wildman–Crippen LogP) is 5.47. The van der Waals surface area contributed by atoms with E-state index < -0.39 is 5.92 Å². The van der Waals surface area contributed by atoms with E-state index in [0.717, 1.165) is 40.1 Å². The van der Waals surface area contributed by atoms with Crippen molar-refractivity contribution in [2.24, 2.45) is 0 Å². The zero-order chi connectivity index (χ0) is 32.6. The maximum Gasteiger partial charge on any atom is 0.318 e. The van der Waals surface area contributed by atoms with Gasteiger partial charge in [0.15, 0.2) is 0 Å². The van der Waals surface area contributed by atoms with Crippen LogP contribution < -0.4 is 14.5 Å². The van der Waals surface area contributed by atoms with E-state index in [9.17, 15) is 13.6 Å². The highest BCUT2D eigenvalue weighted by Crippen LogP contribution is 2.40. The van der Waals surface area contributed by atoms with E-state index in [1.807, 2.05) is 49.2 Å². The van der Waals surface area contributed by atoms with Gasteiger partial charge in [-0.05, 0) is 44.0 Å². The maximum atomic E-state index is 13.5. The van der Waals surface area contributed by atoms with E-state index in [0.29, 0.717) is 44.2 Å². The molecule has 1 saturated heterocycles. The van der Waals surface area contributed by atoms with Gasteiger partial charge in [0.05, 0.1) is 17.3 Å². The number of nitrogens with zero attached hydrogens (tertiary/aromatic N) is 7. The lowest BCUT2D eigenvalue weighted by molar-refractivity contribution is -0.128. The molecule has 9 nitrogen and oxygen atoms in total. The molecule has 2 aromatic carbocycles. The van der Waals surface area contributed by atoms with Gasteiger partial charge in [0.2, 0.25) is 12.5 Å². The van der Waals surface area contributed by atoms with E-state index in [-0.39, 0.29) is 49.5 Å². The van der Waals surface area contributed by atoms with Gasteiger partial charge in [-0.1, -0.05) is 42.4 Å². The molecule has 242 valence electrons. The third kappa shape index (κ3) is 6.46. The van der Waals surface area contributed by atoms with Gasteiger partial charge in [-0.25, -0.2) is 15.4 Å². The Labute approximate surface area is 273 Å². The molecule has 1 aromatic heterocycles. The lowest BCUT2D eigenvalue weighted by atomic mass is 9.87. The summed E-state index contributed by atoms with van der Waals surface area (Å²) in [5, 5.41) is 2.73. The minimum Gasteiger partial charge on any atom is -0.459 e. The summed E-state index contributed by atoms with van der Waals surface area (Å²) in [6.07, 6.45) is 1.34. The third-order valence-corrected chi connectivity index (χ3v) is 9.60. The monoisotopic (exact) mass is 649 g/mol. The van der Waals surface area contributed by atoms with Crippen LogP contribution in [-0.2, 0) is 17.8 Å². The molecule has 0 spiro atoms. The second-order valence-electron chi connectivity index (χ2n) is 12.5. The lowest BCUT2D eigenvalue weighted by Gasteiger charge is -2.42. The number of rotatable bonds is 9. The summed E-state index contributed by atoms with van der Waals surface area (Å²) >= 11 is 6.69. The average Bonchev–Trinajstić information content (AvgIpc) is 3.02. The lowest BCUT2D eigenvalue weighted by Crippen LogP contribution is -2.56. The Morgan fingerprint density at radius 1 is 1.22 bits per heavy atom. The number of halogens is 3. The van der Waals surface area contributed by atoms with Crippen LogP contribution in [0, 0.1) is 6.57 Å². The van der Waals surface area contributed by atoms with Crippen LogP contribution in [0.3, 0.4) is 0 Å². The van der Waals surface area contributed by atoms with Crippen molar-refractivity contribution in [1.29, 1.82) is 0 Å². The van der Waals surface area contributed by atoms with Crippen molar-refractivity contribution in [3.8, 4) is 6.01 Å². The molecule has 2 atom stereocenters. The number of carbonyl (C=O) groups excluding carboxylic acids is 1. The summed E-state index contributed by atoms with van der Waals surface area (Å²) in [5.41, 5.74) is 2.87. The molecule has 1 aliphatic carbocycles. The van der Waals surface area contributed by atoms with Crippen molar-refractivity contribution in [3.63, 3.8) is 0 Å². The number of alkyl halides is 2. The van der Waals surface area contributed by atoms with Crippen LogP contribution in [0.2, 0.25) is 5.02 Å². The maximum absolute atomic E-state index is 13.5. The van der Waals surface area contributed by atoms with Crippen LogP contribution in [0.5, 0.6) is 6.01 Å². The van der Waals surface area contributed by atoms with Crippen molar-refractivity contribution < 1.29 is 18.3 Å². The van der Waals surface area contributed by atoms with Gasteiger partial charge < -0.3 is 24.3 Å². The van der Waals surface area contributed by atoms with Crippen molar-refractivity contribution in [3.05, 3.63) is 76.8 Å². The molecule has 3 aromatic rings. The molecule has 46 heavy (non-hydrogen) atoms. The van der Waals surface area contributed by atoms with Crippen molar-refractivity contribution in [2.45, 2.75) is 56.8 Å². The first kappa shape index (κ1) is 32.0. The summed E-state index contributed by atoms with van der Waals surface area (Å²) < 4.78 is 33.3. The molecular formula is C34H38ClF2N7O2. The Morgan fingerprint density at radius 3 is 2.70 bits per heavy atom. The zero-order valence-corrected chi connectivity index (χ0v) is 26.9. The second-order valence-corrected chi connectivity index (χ2v) is 12.9. The predicted molar refractivity (Wildman–Crippen MR) is 176 cm³/mol. The number of ether oxygens (including phenoxy) is 1. The van der Waals surface area contributed by atoms with E-state index in [1.54, 1.807) is 4.90 Å². The van der Waals surface area contributed by atoms with Crippen LogP contribution in [0.25, 0.3) is 15.6 Å². The SMILES string of the molecule is [C-]#[N+]C[C@H]1CN(c2nc(O[C@@H](C)CN(C)C3CC(F)(F)C3)nc3c2CCN(c2cccc4cccc(Cl)c24)C3)CCN1C(=O)C=C. The Morgan fingerprint density at radius 2 is 1.98 bits per heavy atom. The summed E-state index contributed by atoms with van der Waals surface area (Å²) in [6, 6.07) is 11.8. The number of likely N-dealkylation sites (N-methyl/N-ethyl adjacent to an activating group) is 1. The van der Waals surface area contributed by atoms with Gasteiger partial charge in [0.1, 0.15) is 18.0 Å². The van der Waals surface area contributed by atoms with Crippen molar-refractivity contribution in [1.82, 2.24) is 19.8 Å². The number of benzene rings is 2. The molecule has 0 N–H and O–H groups in total. The van der Waals surface area contributed by atoms with Gasteiger partial charge >= 0.3 is 6.01 Å². The normalized spacial score (nSPS) is 20.2. The van der Waals surface area contributed by atoms with Crippen LogP contribution in [-0.4, -0.2) is 96.1 Å². The third-order valence-electron chi connectivity index (χ3n) is 9.28. The van der Waals surface area contributed by atoms with E-state index in [2.05, 4.69) is 27.3 Å². The first-order valence-electron chi connectivity index (χ1n) is 15.6. The smallest absolute Gasteiger partial charge is 0.318 e. The van der Waals surface area contributed by atoms with Crippen LogP contribution in [0.1, 0.15) is 31.0 Å². The molecule has 6 rings (SSSR count). The molecule has 3 heterocycles. The van der Waals surface area contributed by atoms with Crippen LogP contribution >= 0.6 is 11.6 Å². The number of piperazine rings is 1. The molecule has 2 fully saturated rings. The number of aromatic nitrogens is 2. The summed E-state index contributed by atoms with van der Waals surface area (Å²) in [4.78, 5) is 34.0. The summed E-state index contributed by atoms with van der Waals surface area (Å²) in [6.45, 7) is 16.3. The fourth-order valence-corrected chi connectivity index (χ4v) is 7.16. The van der Waals surface area contributed by atoms with E-state index >= 15 is 0 Å². The Bertz CT molecular complexity index is 1670. The zero-order valence-electron chi connectivity index (χ0n) is 26.1. The van der Waals surface area contributed by atoms with Crippen molar-refractivity contribution >= 4 is 39.8 Å². The topological polar surface area (TPSA) is 69.4 Å². The number of hydrogen-bond acceptors (Lipinski definition) is 7. The molecule has 3 aliphatic rings. The Balaban J connectivity index is 1.31. The van der Waals surface area contributed by atoms with Crippen molar-refractivity contribution in [2.75, 3.05) is 56.1 Å². The minimum atomic E-state index is -2.59.